The minimum Gasteiger partial charge on any atom is -0.361 e. The number of amides is 2. The van der Waals surface area contributed by atoms with Crippen LogP contribution in [0.1, 0.15) is 31.1 Å². The Bertz CT molecular complexity index is 1360. The van der Waals surface area contributed by atoms with Crippen molar-refractivity contribution in [2.24, 2.45) is 0 Å². The Morgan fingerprint density at radius 1 is 1.14 bits per heavy atom. The van der Waals surface area contributed by atoms with Gasteiger partial charge in [-0.15, -0.1) is 11.3 Å². The largest absolute Gasteiger partial charge is 0.361 e. The van der Waals surface area contributed by atoms with Gasteiger partial charge in [0.1, 0.15) is 5.82 Å². The fourth-order valence-electron chi connectivity index (χ4n) is 4.08. The molecular weight excluding hydrogens is 488 g/mol. The van der Waals surface area contributed by atoms with Gasteiger partial charge in [0.2, 0.25) is 5.91 Å². The van der Waals surface area contributed by atoms with E-state index in [-0.39, 0.29) is 24.4 Å². The van der Waals surface area contributed by atoms with E-state index in [2.05, 4.69) is 51.7 Å². The topological polar surface area (TPSA) is 117 Å². The van der Waals surface area contributed by atoms with Crippen LogP contribution in [0.5, 0.6) is 0 Å². The summed E-state index contributed by atoms with van der Waals surface area (Å²) >= 11 is 1.61. The monoisotopic (exact) mass is 520 g/mol. The van der Waals surface area contributed by atoms with Crippen LogP contribution in [0.25, 0.3) is 27.5 Å². The number of nitrogens with one attached hydrogen (secondary N) is 3. The summed E-state index contributed by atoms with van der Waals surface area (Å²) in [5, 5.41) is 15.1. The van der Waals surface area contributed by atoms with Gasteiger partial charge >= 0.3 is 0 Å². The fourth-order valence-corrected chi connectivity index (χ4v) is 4.77. The number of hydrogen-bond acceptors (Lipinski definition) is 8. The highest BCUT2D eigenvalue weighted by atomic mass is 32.1. The highest BCUT2D eigenvalue weighted by Gasteiger charge is 2.18. The Hall–Kier alpha value is -3.83. The molecule has 4 aromatic rings. The maximum absolute atomic E-state index is 13.2. The molecule has 0 fully saturated rings. The first-order chi connectivity index (χ1) is 17.9. The van der Waals surface area contributed by atoms with Crippen molar-refractivity contribution < 1.29 is 9.59 Å². The SMILES string of the molecule is CCN(CC)[C@@H](C)CNC(=O)c1cc(NCC(=O)NC)nc(-c2cnn3ccc(-c4cccs4)nc23)c1. The molecule has 194 valence electrons. The minimum absolute atomic E-state index is 0.0303. The molecule has 0 aliphatic heterocycles. The molecule has 4 aromatic heterocycles. The zero-order valence-electron chi connectivity index (χ0n) is 21.5. The number of aromatic nitrogens is 4. The molecule has 4 rings (SSSR count). The predicted molar refractivity (Wildman–Crippen MR) is 147 cm³/mol. The lowest BCUT2D eigenvalue weighted by Gasteiger charge is -2.26. The van der Waals surface area contributed by atoms with Gasteiger partial charge < -0.3 is 16.0 Å². The molecule has 0 aromatic carbocycles. The van der Waals surface area contributed by atoms with Gasteiger partial charge in [0.05, 0.1) is 34.6 Å². The predicted octanol–water partition coefficient (Wildman–Crippen LogP) is 3.14. The lowest BCUT2D eigenvalue weighted by atomic mass is 10.1. The van der Waals surface area contributed by atoms with Crippen molar-refractivity contribution in [3.63, 3.8) is 0 Å². The third-order valence-corrected chi connectivity index (χ3v) is 7.10. The summed E-state index contributed by atoms with van der Waals surface area (Å²) in [6.45, 7) is 8.68. The Morgan fingerprint density at radius 3 is 2.65 bits per heavy atom. The summed E-state index contributed by atoms with van der Waals surface area (Å²) in [5.41, 5.74) is 3.12. The molecule has 10 nitrogen and oxygen atoms in total. The highest BCUT2D eigenvalue weighted by molar-refractivity contribution is 7.13. The summed E-state index contributed by atoms with van der Waals surface area (Å²) < 4.78 is 1.68. The number of carbonyl (C=O) groups is 2. The third-order valence-electron chi connectivity index (χ3n) is 6.21. The number of pyridine rings is 1. The zero-order chi connectivity index (χ0) is 26.4. The number of likely N-dealkylation sites (N-methyl/N-ethyl adjacent to an activating group) is 2. The second-order valence-corrected chi connectivity index (χ2v) is 9.50. The highest BCUT2D eigenvalue weighted by Crippen LogP contribution is 2.28. The molecule has 0 radical (unpaired) electrons. The molecular formula is C26H32N8O2S. The van der Waals surface area contributed by atoms with Crippen LogP contribution < -0.4 is 16.0 Å². The smallest absolute Gasteiger partial charge is 0.251 e. The lowest BCUT2D eigenvalue weighted by molar-refractivity contribution is -0.118. The number of fused-ring (bicyclic) bond motifs is 1. The molecule has 11 heteroatoms. The van der Waals surface area contributed by atoms with Gasteiger partial charge in [-0.2, -0.15) is 5.10 Å². The quantitative estimate of drug-likeness (QED) is 0.278. The van der Waals surface area contributed by atoms with Crippen LogP contribution in [0.15, 0.2) is 48.1 Å². The van der Waals surface area contributed by atoms with Crippen molar-refractivity contribution in [3.05, 3.63) is 53.7 Å². The molecule has 0 aliphatic rings. The average Bonchev–Trinajstić information content (AvgIpc) is 3.61. The van der Waals surface area contributed by atoms with Gasteiger partial charge in [-0.3, -0.25) is 14.5 Å². The molecule has 0 saturated carbocycles. The summed E-state index contributed by atoms with van der Waals surface area (Å²) in [6.07, 6.45) is 3.55. The zero-order valence-corrected chi connectivity index (χ0v) is 22.3. The number of thiophene rings is 1. The Kier molecular flexibility index (Phi) is 8.47. The molecule has 0 unspecified atom stereocenters. The van der Waals surface area contributed by atoms with Gasteiger partial charge in [0.15, 0.2) is 5.65 Å². The Balaban J connectivity index is 1.68. The van der Waals surface area contributed by atoms with Gasteiger partial charge in [-0.25, -0.2) is 14.5 Å². The van der Waals surface area contributed by atoms with Crippen LogP contribution in [0.4, 0.5) is 5.82 Å². The van der Waals surface area contributed by atoms with E-state index < -0.39 is 0 Å². The van der Waals surface area contributed by atoms with Crippen molar-refractivity contribution >= 4 is 34.6 Å². The van der Waals surface area contributed by atoms with E-state index in [0.717, 1.165) is 23.7 Å². The van der Waals surface area contributed by atoms with E-state index in [1.807, 2.05) is 29.8 Å². The lowest BCUT2D eigenvalue weighted by Crippen LogP contribution is -2.42. The number of hydrogen-bond donors (Lipinski definition) is 3. The van der Waals surface area contributed by atoms with Crippen LogP contribution in [-0.2, 0) is 4.79 Å². The summed E-state index contributed by atoms with van der Waals surface area (Å²) in [5.74, 6) is 0.00986. The van der Waals surface area contributed by atoms with Crippen molar-refractivity contribution in [2.75, 3.05) is 38.5 Å². The van der Waals surface area contributed by atoms with Crippen LogP contribution in [0, 0.1) is 0 Å². The summed E-state index contributed by atoms with van der Waals surface area (Å²) in [4.78, 5) is 37.9. The van der Waals surface area contributed by atoms with Crippen molar-refractivity contribution in [2.45, 2.75) is 26.8 Å². The van der Waals surface area contributed by atoms with E-state index in [9.17, 15) is 9.59 Å². The van der Waals surface area contributed by atoms with E-state index in [1.54, 1.807) is 41.2 Å². The van der Waals surface area contributed by atoms with Crippen molar-refractivity contribution in [3.8, 4) is 21.8 Å². The standard InChI is InChI=1S/C26H32N8O2S/c1-5-33(6-2)17(3)14-29-26(36)18-12-21(31-23(13-18)28-16-24(35)27-4)19-15-30-34-10-9-20(32-25(19)34)22-8-7-11-37-22/h7-13,15,17H,5-6,14,16H2,1-4H3,(H,27,35)(H,28,31)(H,29,36)/t17-/m0/s1. The summed E-state index contributed by atoms with van der Waals surface area (Å²) in [6, 6.07) is 9.51. The van der Waals surface area contributed by atoms with Crippen molar-refractivity contribution in [1.82, 2.24) is 35.1 Å². The van der Waals surface area contributed by atoms with Crippen LogP contribution in [0.3, 0.4) is 0 Å². The van der Waals surface area contributed by atoms with Crippen LogP contribution >= 0.6 is 11.3 Å². The molecule has 0 spiro atoms. The molecule has 1 atom stereocenters. The molecule has 2 amide bonds. The number of rotatable bonds is 11. The summed E-state index contributed by atoms with van der Waals surface area (Å²) in [7, 11) is 1.57. The normalized spacial score (nSPS) is 12.0. The molecule has 3 N–H and O–H groups in total. The first-order valence-corrected chi connectivity index (χ1v) is 13.2. The maximum Gasteiger partial charge on any atom is 0.251 e. The number of anilines is 1. The van der Waals surface area contributed by atoms with Gasteiger partial charge in [-0.1, -0.05) is 19.9 Å². The Labute approximate surface area is 220 Å². The van der Waals surface area contributed by atoms with E-state index in [0.29, 0.717) is 34.8 Å². The number of nitrogens with zero attached hydrogens (tertiary/aromatic N) is 5. The molecule has 37 heavy (non-hydrogen) atoms. The second kappa shape index (κ2) is 11.9. The van der Waals surface area contributed by atoms with Crippen LogP contribution in [-0.4, -0.2) is 75.6 Å². The minimum atomic E-state index is -0.214. The molecule has 4 heterocycles. The van der Waals surface area contributed by atoms with Crippen molar-refractivity contribution in [1.29, 1.82) is 0 Å². The number of carbonyl (C=O) groups excluding carboxylic acids is 2. The van der Waals surface area contributed by atoms with E-state index in [1.165, 1.54) is 0 Å². The molecule has 0 bridgehead atoms. The van der Waals surface area contributed by atoms with E-state index >= 15 is 0 Å². The van der Waals surface area contributed by atoms with Gasteiger partial charge in [-0.05, 0) is 49.7 Å². The average molecular weight is 521 g/mol. The van der Waals surface area contributed by atoms with Crippen LogP contribution in [0.2, 0.25) is 0 Å². The molecule has 0 aliphatic carbocycles. The Morgan fingerprint density at radius 2 is 1.95 bits per heavy atom. The maximum atomic E-state index is 13.2. The van der Waals surface area contributed by atoms with E-state index in [4.69, 9.17) is 4.98 Å². The fraction of sp³-hybridized carbons (Fsp3) is 0.346. The van der Waals surface area contributed by atoms with Gasteiger partial charge in [0, 0.05) is 31.4 Å². The van der Waals surface area contributed by atoms with Gasteiger partial charge in [0.25, 0.3) is 5.91 Å². The first-order valence-electron chi connectivity index (χ1n) is 12.3. The third kappa shape index (κ3) is 6.12. The first kappa shape index (κ1) is 26.2. The molecule has 0 saturated heterocycles. The second-order valence-electron chi connectivity index (χ2n) is 8.55.